The van der Waals surface area contributed by atoms with Crippen molar-refractivity contribution in [2.45, 2.75) is 4.90 Å². The van der Waals surface area contributed by atoms with E-state index in [9.17, 15) is 13.5 Å². The largest absolute Gasteiger partial charge is 0.507 e. The van der Waals surface area contributed by atoms with Crippen molar-refractivity contribution in [3.8, 4) is 18.1 Å². The number of fused-ring (bicyclic) bond motifs is 1. The van der Waals surface area contributed by atoms with Crippen LogP contribution in [0.3, 0.4) is 0 Å². The summed E-state index contributed by atoms with van der Waals surface area (Å²) in [5, 5.41) is 18.5. The lowest BCUT2D eigenvalue weighted by molar-refractivity contribution is 0.474. The maximum atomic E-state index is 11.2. The Balaban J connectivity index is 1.92. The molecule has 0 saturated heterocycles. The molecule has 0 amide bonds. The first-order valence-corrected chi connectivity index (χ1v) is 8.28. The average molecular weight is 340 g/mol. The van der Waals surface area contributed by atoms with Crippen LogP contribution in [0.1, 0.15) is 5.56 Å². The van der Waals surface area contributed by atoms with E-state index in [-0.39, 0.29) is 10.6 Å². The monoisotopic (exact) mass is 340 g/mol. The van der Waals surface area contributed by atoms with Gasteiger partial charge in [-0.1, -0.05) is 5.92 Å². The molecule has 2 aromatic carbocycles. The van der Waals surface area contributed by atoms with Crippen molar-refractivity contribution in [1.29, 1.82) is 0 Å². The van der Waals surface area contributed by atoms with Crippen LogP contribution in [-0.4, -0.2) is 23.5 Å². The predicted molar refractivity (Wildman–Crippen MR) is 90.2 cm³/mol. The zero-order chi connectivity index (χ0) is 17.3. The van der Waals surface area contributed by atoms with Crippen LogP contribution in [0.25, 0.3) is 10.9 Å². The Morgan fingerprint density at radius 3 is 2.54 bits per heavy atom. The van der Waals surface area contributed by atoms with Crippen LogP contribution in [0.4, 0.5) is 11.6 Å². The highest BCUT2D eigenvalue weighted by atomic mass is 32.2. The molecular formula is C16H12N4O3S. The fourth-order valence-corrected chi connectivity index (χ4v) is 2.62. The molecule has 0 atom stereocenters. The van der Waals surface area contributed by atoms with Crippen LogP contribution in [0.15, 0.2) is 47.5 Å². The third-order valence-corrected chi connectivity index (χ3v) is 4.22. The quantitative estimate of drug-likeness (QED) is 0.625. The molecule has 0 spiro atoms. The number of phenolic OH excluding ortho intramolecular Hbond substituents is 1. The smallest absolute Gasteiger partial charge is 0.238 e. The van der Waals surface area contributed by atoms with Crippen LogP contribution in [0.5, 0.6) is 5.75 Å². The van der Waals surface area contributed by atoms with Gasteiger partial charge < -0.3 is 10.4 Å². The lowest BCUT2D eigenvalue weighted by atomic mass is 10.1. The number of hydrogen-bond donors (Lipinski definition) is 3. The van der Waals surface area contributed by atoms with E-state index in [2.05, 4.69) is 21.2 Å². The van der Waals surface area contributed by atoms with Gasteiger partial charge in [-0.15, -0.1) is 6.42 Å². The summed E-state index contributed by atoms with van der Waals surface area (Å²) in [4.78, 5) is 8.46. The van der Waals surface area contributed by atoms with Crippen LogP contribution in [0.2, 0.25) is 0 Å². The summed E-state index contributed by atoms with van der Waals surface area (Å²) >= 11 is 0. The van der Waals surface area contributed by atoms with Gasteiger partial charge >= 0.3 is 0 Å². The first-order valence-electron chi connectivity index (χ1n) is 6.73. The molecule has 0 bridgehead atoms. The molecule has 0 aliphatic rings. The van der Waals surface area contributed by atoms with E-state index in [0.29, 0.717) is 28.1 Å². The number of aromatic nitrogens is 2. The number of benzene rings is 2. The number of terminal acetylenes is 1. The number of primary sulfonamides is 1. The predicted octanol–water partition coefficient (Wildman–Crippen LogP) is 1.71. The second-order valence-corrected chi connectivity index (χ2v) is 6.52. The number of anilines is 2. The minimum atomic E-state index is -3.74. The highest BCUT2D eigenvalue weighted by Crippen LogP contribution is 2.24. The number of rotatable bonds is 3. The summed E-state index contributed by atoms with van der Waals surface area (Å²) in [5.74, 6) is 2.63. The number of nitrogens with two attached hydrogens (primary N) is 1. The zero-order valence-corrected chi connectivity index (χ0v) is 13.1. The molecule has 0 unspecified atom stereocenters. The van der Waals surface area contributed by atoms with Gasteiger partial charge in [0.25, 0.3) is 0 Å². The summed E-state index contributed by atoms with van der Waals surface area (Å²) in [6.07, 6.45) is 6.87. The van der Waals surface area contributed by atoms with Crippen molar-refractivity contribution in [3.63, 3.8) is 0 Å². The maximum absolute atomic E-state index is 11.2. The molecular weight excluding hydrogens is 328 g/mol. The zero-order valence-electron chi connectivity index (χ0n) is 12.3. The third kappa shape index (κ3) is 3.12. The van der Waals surface area contributed by atoms with E-state index in [1.54, 1.807) is 24.4 Å². The number of hydrogen-bond acceptors (Lipinski definition) is 6. The van der Waals surface area contributed by atoms with Crippen molar-refractivity contribution >= 4 is 32.6 Å². The molecule has 120 valence electrons. The Bertz CT molecular complexity index is 1070. The van der Waals surface area contributed by atoms with Crippen LogP contribution < -0.4 is 10.5 Å². The lowest BCUT2D eigenvalue weighted by Gasteiger charge is -2.07. The first-order chi connectivity index (χ1) is 11.4. The van der Waals surface area contributed by atoms with E-state index in [4.69, 9.17) is 11.6 Å². The summed E-state index contributed by atoms with van der Waals surface area (Å²) < 4.78 is 22.5. The molecule has 1 aromatic heterocycles. The summed E-state index contributed by atoms with van der Waals surface area (Å²) in [7, 11) is -3.74. The van der Waals surface area contributed by atoms with Crippen molar-refractivity contribution in [2.24, 2.45) is 5.14 Å². The Morgan fingerprint density at radius 1 is 1.21 bits per heavy atom. The SMILES string of the molecule is C#Cc1cc2cnc(Nc3ccc(S(N)(=O)=O)cc3)nc2cc1O. The standard InChI is InChI=1S/C16H12N4O3S/c1-2-10-7-11-9-18-16(20-14(11)8-15(10)21)19-12-3-5-13(6-4-12)24(17,22)23/h1,3-9,21H,(H2,17,22,23)(H,18,19,20). The summed E-state index contributed by atoms with van der Waals surface area (Å²) in [6.45, 7) is 0. The summed E-state index contributed by atoms with van der Waals surface area (Å²) in [5.41, 5.74) is 1.47. The van der Waals surface area contributed by atoms with Crippen molar-refractivity contribution in [3.05, 3.63) is 48.2 Å². The van der Waals surface area contributed by atoms with Gasteiger partial charge in [0, 0.05) is 23.3 Å². The number of nitrogens with zero attached hydrogens (tertiary/aromatic N) is 2. The van der Waals surface area contributed by atoms with Gasteiger partial charge in [-0.3, -0.25) is 0 Å². The number of nitrogens with one attached hydrogen (secondary N) is 1. The van der Waals surface area contributed by atoms with Gasteiger partial charge in [0.2, 0.25) is 16.0 Å². The Kier molecular flexibility index (Phi) is 3.81. The maximum Gasteiger partial charge on any atom is 0.238 e. The molecule has 0 radical (unpaired) electrons. The van der Waals surface area contributed by atoms with E-state index < -0.39 is 10.0 Å². The molecule has 3 aromatic rings. The number of phenols is 1. The normalized spacial score (nSPS) is 11.2. The minimum absolute atomic E-state index is 0.0132. The Morgan fingerprint density at radius 2 is 1.92 bits per heavy atom. The molecule has 7 nitrogen and oxygen atoms in total. The van der Waals surface area contributed by atoms with E-state index in [1.807, 2.05) is 0 Å². The molecule has 0 fully saturated rings. The first kappa shape index (κ1) is 15.7. The molecule has 0 aliphatic heterocycles. The van der Waals surface area contributed by atoms with Crippen LogP contribution in [-0.2, 0) is 10.0 Å². The number of sulfonamides is 1. The lowest BCUT2D eigenvalue weighted by Crippen LogP contribution is -2.11. The van der Waals surface area contributed by atoms with Gasteiger partial charge in [0.15, 0.2) is 0 Å². The topological polar surface area (TPSA) is 118 Å². The fraction of sp³-hybridized carbons (Fsp3) is 0. The van der Waals surface area contributed by atoms with E-state index in [0.717, 1.165) is 0 Å². The van der Waals surface area contributed by atoms with Gasteiger partial charge in [-0.05, 0) is 30.3 Å². The van der Waals surface area contributed by atoms with Gasteiger partial charge in [0.05, 0.1) is 16.0 Å². The molecule has 0 aliphatic carbocycles. The second-order valence-electron chi connectivity index (χ2n) is 4.96. The minimum Gasteiger partial charge on any atom is -0.507 e. The highest BCUT2D eigenvalue weighted by Gasteiger charge is 2.08. The van der Waals surface area contributed by atoms with Gasteiger partial charge in [-0.25, -0.2) is 23.5 Å². The molecule has 0 saturated carbocycles. The fourth-order valence-electron chi connectivity index (χ4n) is 2.10. The van der Waals surface area contributed by atoms with E-state index >= 15 is 0 Å². The second kappa shape index (κ2) is 5.81. The molecule has 24 heavy (non-hydrogen) atoms. The third-order valence-electron chi connectivity index (χ3n) is 3.29. The van der Waals surface area contributed by atoms with Crippen LogP contribution in [0, 0.1) is 12.3 Å². The van der Waals surface area contributed by atoms with E-state index in [1.165, 1.54) is 18.2 Å². The van der Waals surface area contributed by atoms with Gasteiger partial charge in [-0.2, -0.15) is 0 Å². The number of aromatic hydroxyl groups is 1. The average Bonchev–Trinajstić information content (AvgIpc) is 2.54. The molecule has 1 heterocycles. The highest BCUT2D eigenvalue weighted by molar-refractivity contribution is 7.89. The molecule has 3 rings (SSSR count). The molecule has 8 heteroatoms. The van der Waals surface area contributed by atoms with Gasteiger partial charge in [0.1, 0.15) is 5.75 Å². The Labute approximate surface area is 138 Å². The summed E-state index contributed by atoms with van der Waals surface area (Å²) in [6, 6.07) is 8.93. The molecule has 4 N–H and O–H groups in total. The van der Waals surface area contributed by atoms with Crippen LogP contribution >= 0.6 is 0 Å². The Hall–Kier alpha value is -3.15. The van der Waals surface area contributed by atoms with Crippen molar-refractivity contribution < 1.29 is 13.5 Å². The van der Waals surface area contributed by atoms with Crippen molar-refractivity contribution in [2.75, 3.05) is 5.32 Å². The van der Waals surface area contributed by atoms with Crippen molar-refractivity contribution in [1.82, 2.24) is 9.97 Å².